The fraction of sp³-hybridized carbons (Fsp3) is 0.222. The summed E-state index contributed by atoms with van der Waals surface area (Å²) in [5.41, 5.74) is 3.37. The van der Waals surface area contributed by atoms with E-state index in [9.17, 15) is 0 Å². The van der Waals surface area contributed by atoms with E-state index in [1.54, 1.807) is 0 Å². The van der Waals surface area contributed by atoms with Gasteiger partial charge in [-0.2, -0.15) is 0 Å². The van der Waals surface area contributed by atoms with Gasteiger partial charge in [0.05, 0.1) is 0 Å². The molecule has 0 saturated carbocycles. The predicted molar refractivity (Wildman–Crippen MR) is 82.2 cm³/mol. The smallest absolute Gasteiger partial charge is 0.0354 e. The summed E-state index contributed by atoms with van der Waals surface area (Å²) in [6.07, 6.45) is 7.53. The molecule has 0 radical (unpaired) electrons. The van der Waals surface area contributed by atoms with Gasteiger partial charge in [-0.25, -0.2) is 0 Å². The van der Waals surface area contributed by atoms with Crippen molar-refractivity contribution in [3.63, 3.8) is 0 Å². The number of hydrogen-bond acceptors (Lipinski definition) is 1. The summed E-state index contributed by atoms with van der Waals surface area (Å²) in [5, 5.41) is 3.56. The van der Waals surface area contributed by atoms with Crippen molar-refractivity contribution in [2.45, 2.75) is 25.8 Å². The van der Waals surface area contributed by atoms with Crippen LogP contribution < -0.4 is 5.32 Å². The molecule has 0 saturated heterocycles. The number of terminal acetylenes is 1. The molecular weight excluding hydrogens is 230 g/mol. The number of nitrogens with one attached hydrogen (secondary N) is 1. The van der Waals surface area contributed by atoms with Gasteiger partial charge in [0.1, 0.15) is 0 Å². The minimum Gasteiger partial charge on any atom is -0.382 e. The molecule has 2 aromatic rings. The zero-order valence-corrected chi connectivity index (χ0v) is 11.3. The van der Waals surface area contributed by atoms with Crippen molar-refractivity contribution in [3.8, 4) is 12.3 Å². The van der Waals surface area contributed by atoms with E-state index in [4.69, 9.17) is 6.42 Å². The van der Waals surface area contributed by atoms with Crippen molar-refractivity contribution >= 4 is 5.69 Å². The molecule has 0 fully saturated rings. The first-order chi connectivity index (χ1) is 9.31. The third-order valence-electron chi connectivity index (χ3n) is 3.22. The van der Waals surface area contributed by atoms with Crippen LogP contribution in [0.5, 0.6) is 0 Å². The Morgan fingerprint density at radius 2 is 1.89 bits per heavy atom. The molecule has 96 valence electrons. The van der Waals surface area contributed by atoms with Crippen molar-refractivity contribution in [1.82, 2.24) is 0 Å². The molecule has 0 amide bonds. The van der Waals surface area contributed by atoms with Gasteiger partial charge in [-0.05, 0) is 36.6 Å². The number of rotatable bonds is 5. The minimum atomic E-state index is 0.426. The van der Waals surface area contributed by atoms with E-state index >= 15 is 0 Å². The van der Waals surface area contributed by atoms with Crippen LogP contribution in [0.1, 0.15) is 24.5 Å². The molecule has 1 unspecified atom stereocenters. The maximum Gasteiger partial charge on any atom is 0.0354 e. The van der Waals surface area contributed by atoms with Crippen LogP contribution in [0.3, 0.4) is 0 Å². The standard InChI is InChI=1S/C18H19N/c1-3-15-11-8-12-18(13-15)19-17(4-2)14-16-9-6-5-7-10-16/h1,5-13,17,19H,4,14H2,2H3. The summed E-state index contributed by atoms with van der Waals surface area (Å²) >= 11 is 0. The Labute approximate surface area is 115 Å². The molecule has 2 aromatic carbocycles. The Morgan fingerprint density at radius 3 is 2.58 bits per heavy atom. The molecule has 0 aliphatic heterocycles. The Morgan fingerprint density at radius 1 is 1.11 bits per heavy atom. The van der Waals surface area contributed by atoms with Crippen LogP contribution in [0.25, 0.3) is 0 Å². The van der Waals surface area contributed by atoms with Crippen LogP contribution >= 0.6 is 0 Å². The van der Waals surface area contributed by atoms with Crippen LogP contribution in [-0.2, 0) is 6.42 Å². The Kier molecular flexibility index (Phi) is 4.64. The molecule has 1 N–H and O–H groups in total. The SMILES string of the molecule is C#Cc1cccc(NC(CC)Cc2ccccc2)c1. The Bertz CT molecular complexity index is 551. The number of anilines is 1. The summed E-state index contributed by atoms with van der Waals surface area (Å²) in [6, 6.07) is 19.0. The van der Waals surface area contributed by atoms with E-state index in [0.717, 1.165) is 24.1 Å². The summed E-state index contributed by atoms with van der Waals surface area (Å²) in [6.45, 7) is 2.20. The van der Waals surface area contributed by atoms with Gasteiger partial charge in [0.25, 0.3) is 0 Å². The second-order valence-corrected chi connectivity index (χ2v) is 4.66. The molecule has 0 aliphatic rings. The van der Waals surface area contributed by atoms with Crippen LogP contribution in [0.2, 0.25) is 0 Å². The highest BCUT2D eigenvalue weighted by Gasteiger charge is 2.07. The van der Waals surface area contributed by atoms with E-state index in [-0.39, 0.29) is 0 Å². The van der Waals surface area contributed by atoms with Crippen LogP contribution in [0, 0.1) is 12.3 Å². The lowest BCUT2D eigenvalue weighted by Gasteiger charge is -2.18. The van der Waals surface area contributed by atoms with E-state index in [1.807, 2.05) is 24.3 Å². The number of benzene rings is 2. The second kappa shape index (κ2) is 6.66. The molecule has 1 nitrogen and oxygen atoms in total. The van der Waals surface area contributed by atoms with Gasteiger partial charge in [0, 0.05) is 17.3 Å². The van der Waals surface area contributed by atoms with Gasteiger partial charge in [0.2, 0.25) is 0 Å². The molecule has 0 aromatic heterocycles. The molecular formula is C18H19N. The van der Waals surface area contributed by atoms with E-state index in [2.05, 4.69) is 48.5 Å². The first-order valence-corrected chi connectivity index (χ1v) is 6.69. The molecule has 0 heterocycles. The topological polar surface area (TPSA) is 12.0 Å². The highest BCUT2D eigenvalue weighted by atomic mass is 14.9. The van der Waals surface area contributed by atoms with E-state index in [0.29, 0.717) is 6.04 Å². The third kappa shape index (κ3) is 3.89. The van der Waals surface area contributed by atoms with Crippen molar-refractivity contribution in [1.29, 1.82) is 0 Å². The first-order valence-electron chi connectivity index (χ1n) is 6.69. The lowest BCUT2D eigenvalue weighted by molar-refractivity contribution is 0.690. The van der Waals surface area contributed by atoms with Gasteiger partial charge in [-0.15, -0.1) is 6.42 Å². The normalized spacial score (nSPS) is 11.6. The summed E-state index contributed by atoms with van der Waals surface area (Å²) in [7, 11) is 0. The van der Waals surface area contributed by atoms with Gasteiger partial charge < -0.3 is 5.32 Å². The van der Waals surface area contributed by atoms with Crippen molar-refractivity contribution < 1.29 is 0 Å². The zero-order chi connectivity index (χ0) is 13.5. The fourth-order valence-electron chi connectivity index (χ4n) is 2.13. The lowest BCUT2D eigenvalue weighted by atomic mass is 10.0. The molecule has 19 heavy (non-hydrogen) atoms. The van der Waals surface area contributed by atoms with Crippen LogP contribution in [-0.4, -0.2) is 6.04 Å². The quantitative estimate of drug-likeness (QED) is 0.787. The summed E-state index contributed by atoms with van der Waals surface area (Å²) in [4.78, 5) is 0. The highest BCUT2D eigenvalue weighted by molar-refractivity contribution is 5.50. The summed E-state index contributed by atoms with van der Waals surface area (Å²) in [5.74, 6) is 2.67. The maximum atomic E-state index is 5.43. The highest BCUT2D eigenvalue weighted by Crippen LogP contribution is 2.15. The van der Waals surface area contributed by atoms with Crippen molar-refractivity contribution in [3.05, 3.63) is 65.7 Å². The molecule has 1 atom stereocenters. The third-order valence-corrected chi connectivity index (χ3v) is 3.22. The van der Waals surface area contributed by atoms with Crippen LogP contribution in [0.4, 0.5) is 5.69 Å². The van der Waals surface area contributed by atoms with Gasteiger partial charge in [-0.3, -0.25) is 0 Å². The average molecular weight is 249 g/mol. The van der Waals surface area contributed by atoms with E-state index < -0.39 is 0 Å². The Balaban J connectivity index is 2.05. The largest absolute Gasteiger partial charge is 0.382 e. The zero-order valence-electron chi connectivity index (χ0n) is 11.3. The first kappa shape index (κ1) is 13.2. The van der Waals surface area contributed by atoms with E-state index in [1.165, 1.54) is 5.56 Å². The summed E-state index contributed by atoms with van der Waals surface area (Å²) < 4.78 is 0. The van der Waals surface area contributed by atoms with Gasteiger partial charge in [-0.1, -0.05) is 49.2 Å². The minimum absolute atomic E-state index is 0.426. The fourth-order valence-corrected chi connectivity index (χ4v) is 2.13. The molecule has 2 rings (SSSR count). The molecule has 0 bridgehead atoms. The van der Waals surface area contributed by atoms with Crippen molar-refractivity contribution in [2.75, 3.05) is 5.32 Å². The molecule has 0 spiro atoms. The molecule has 1 heteroatoms. The lowest BCUT2D eigenvalue weighted by Crippen LogP contribution is -2.21. The molecule has 0 aliphatic carbocycles. The van der Waals surface area contributed by atoms with Gasteiger partial charge >= 0.3 is 0 Å². The Hall–Kier alpha value is -2.20. The van der Waals surface area contributed by atoms with Crippen molar-refractivity contribution in [2.24, 2.45) is 0 Å². The van der Waals surface area contributed by atoms with Crippen LogP contribution in [0.15, 0.2) is 54.6 Å². The average Bonchev–Trinajstić information content (AvgIpc) is 2.48. The predicted octanol–water partition coefficient (Wildman–Crippen LogP) is 4.10. The monoisotopic (exact) mass is 249 g/mol. The number of hydrogen-bond donors (Lipinski definition) is 1. The van der Waals surface area contributed by atoms with Gasteiger partial charge in [0.15, 0.2) is 0 Å². The maximum absolute atomic E-state index is 5.43. The second-order valence-electron chi connectivity index (χ2n) is 4.66.